The number of rotatable bonds is 3. The lowest BCUT2D eigenvalue weighted by Crippen LogP contribution is -2.54. The number of para-hydroxylation sites is 2. The molecule has 4 aromatic carbocycles. The zero-order valence-electron chi connectivity index (χ0n) is 20.1. The summed E-state index contributed by atoms with van der Waals surface area (Å²) in [6, 6.07) is 31.4. The van der Waals surface area contributed by atoms with Crippen molar-refractivity contribution < 1.29 is 9.59 Å². The molecule has 0 unspecified atom stereocenters. The van der Waals surface area contributed by atoms with Gasteiger partial charge in [-0.2, -0.15) is 0 Å². The molecule has 1 heterocycles. The van der Waals surface area contributed by atoms with Crippen molar-refractivity contribution in [2.75, 3.05) is 4.90 Å². The lowest BCUT2D eigenvalue weighted by atomic mass is 9.47. The highest BCUT2D eigenvalue weighted by molar-refractivity contribution is 6.36. The second kappa shape index (κ2) is 7.99. The Kier molecular flexibility index (Phi) is 4.79. The lowest BCUT2D eigenvalue weighted by Gasteiger charge is -2.52. The smallest absolute Gasteiger partial charge is 0.239 e. The number of aliphatic imine (C=N–C) groups is 1. The van der Waals surface area contributed by atoms with Crippen LogP contribution < -0.4 is 4.90 Å². The maximum atomic E-state index is 14.4. The molecule has 1 fully saturated rings. The molecule has 0 spiro atoms. The number of amides is 2. The molecule has 180 valence electrons. The molecular weight excluding hydrogens is 480 g/mol. The Bertz CT molecular complexity index is 1590. The first-order valence-electron chi connectivity index (χ1n) is 12.5. The van der Waals surface area contributed by atoms with E-state index in [9.17, 15) is 9.59 Å². The molecule has 5 heteroatoms. The van der Waals surface area contributed by atoms with Crippen LogP contribution in [0.15, 0.2) is 102 Å². The molecule has 2 bridgehead atoms. The fourth-order valence-corrected chi connectivity index (χ4v) is 7.02. The van der Waals surface area contributed by atoms with Gasteiger partial charge in [0.15, 0.2) is 0 Å². The van der Waals surface area contributed by atoms with E-state index in [4.69, 9.17) is 16.6 Å². The average Bonchev–Trinajstić information content (AvgIpc) is 3.19. The fourth-order valence-electron chi connectivity index (χ4n) is 6.80. The van der Waals surface area contributed by atoms with Gasteiger partial charge in [-0.25, -0.2) is 4.90 Å². The molecule has 37 heavy (non-hydrogen) atoms. The van der Waals surface area contributed by atoms with E-state index < -0.39 is 17.3 Å². The molecule has 3 aliphatic carbocycles. The van der Waals surface area contributed by atoms with Gasteiger partial charge in [0.2, 0.25) is 11.8 Å². The van der Waals surface area contributed by atoms with Crippen LogP contribution in [0.25, 0.3) is 0 Å². The van der Waals surface area contributed by atoms with Crippen LogP contribution in [-0.2, 0) is 15.0 Å². The van der Waals surface area contributed by atoms with Gasteiger partial charge in [-0.1, -0.05) is 90.5 Å². The van der Waals surface area contributed by atoms with Crippen molar-refractivity contribution >= 4 is 41.0 Å². The van der Waals surface area contributed by atoms with Gasteiger partial charge in [0.1, 0.15) is 0 Å². The summed E-state index contributed by atoms with van der Waals surface area (Å²) in [7, 11) is 0. The van der Waals surface area contributed by atoms with E-state index in [1.54, 1.807) is 24.3 Å². The highest BCUT2D eigenvalue weighted by Gasteiger charge is 2.68. The molecule has 1 saturated heterocycles. The van der Waals surface area contributed by atoms with Gasteiger partial charge in [-0.15, -0.1) is 0 Å². The van der Waals surface area contributed by atoms with Gasteiger partial charge in [0.25, 0.3) is 0 Å². The van der Waals surface area contributed by atoms with Crippen molar-refractivity contribution in [1.29, 1.82) is 0 Å². The van der Waals surface area contributed by atoms with Crippen LogP contribution in [0, 0.1) is 18.8 Å². The summed E-state index contributed by atoms with van der Waals surface area (Å²) in [5.74, 6) is -1.81. The summed E-state index contributed by atoms with van der Waals surface area (Å²) in [5.41, 5.74) is 5.69. The van der Waals surface area contributed by atoms with E-state index in [0.29, 0.717) is 10.7 Å². The highest BCUT2D eigenvalue weighted by atomic mass is 35.5. The normalized spacial score (nSPS) is 25.4. The molecule has 0 N–H and O–H groups in total. The number of anilines is 1. The number of hydrogen-bond donors (Lipinski definition) is 0. The zero-order chi connectivity index (χ0) is 25.3. The Morgan fingerprint density at radius 2 is 1.38 bits per heavy atom. The third-order valence-electron chi connectivity index (χ3n) is 8.30. The molecule has 4 nitrogen and oxygen atoms in total. The third kappa shape index (κ3) is 2.88. The zero-order valence-corrected chi connectivity index (χ0v) is 20.9. The monoisotopic (exact) mass is 502 g/mol. The summed E-state index contributed by atoms with van der Waals surface area (Å²) >= 11 is 6.52. The second-order valence-electron chi connectivity index (χ2n) is 10.0. The maximum Gasteiger partial charge on any atom is 0.239 e. The summed E-state index contributed by atoms with van der Waals surface area (Å²) < 4.78 is 0. The largest absolute Gasteiger partial charge is 0.274 e. The minimum atomic E-state index is -0.891. The number of halogens is 1. The molecule has 4 aromatic rings. The molecule has 0 radical (unpaired) electrons. The quantitative estimate of drug-likeness (QED) is 0.234. The van der Waals surface area contributed by atoms with E-state index in [2.05, 4.69) is 24.3 Å². The summed E-state index contributed by atoms with van der Waals surface area (Å²) in [6.45, 7) is 2.02. The van der Waals surface area contributed by atoms with Crippen LogP contribution in [0.4, 0.5) is 11.4 Å². The Hall–Kier alpha value is -4.02. The van der Waals surface area contributed by atoms with E-state index in [-0.39, 0.29) is 17.7 Å². The van der Waals surface area contributed by atoms with E-state index in [0.717, 1.165) is 33.5 Å². The molecular formula is C32H23ClN2O2. The van der Waals surface area contributed by atoms with Gasteiger partial charge >= 0.3 is 0 Å². The molecule has 0 aromatic heterocycles. The number of nitrogens with zero attached hydrogens (tertiary/aromatic N) is 2. The van der Waals surface area contributed by atoms with Crippen LogP contribution in [0.2, 0.25) is 5.02 Å². The van der Waals surface area contributed by atoms with Crippen molar-refractivity contribution in [3.8, 4) is 0 Å². The highest BCUT2D eigenvalue weighted by Crippen LogP contribution is 2.64. The van der Waals surface area contributed by atoms with Crippen molar-refractivity contribution in [3.63, 3.8) is 0 Å². The van der Waals surface area contributed by atoms with Gasteiger partial charge < -0.3 is 0 Å². The predicted molar refractivity (Wildman–Crippen MR) is 146 cm³/mol. The molecule has 8 rings (SSSR count). The standard InChI is InChI=1S/C32H23ClN2O2/c1-19-10-2-8-16-25(19)34-18-32-22-13-5-3-11-20(22)27(21-12-4-6-14-23(21)32)28-29(32)31(37)35(30(28)36)26-17-9-7-15-24(26)33/h2-18,27-29H,1H3/t27?,28-,29+,32?/m1/s1. The van der Waals surface area contributed by atoms with Crippen LogP contribution in [-0.4, -0.2) is 18.0 Å². The molecule has 2 atom stereocenters. The molecule has 4 aliphatic rings. The number of benzene rings is 4. The first kappa shape index (κ1) is 22.2. The van der Waals surface area contributed by atoms with Gasteiger partial charge in [-0.05, 0) is 52.9 Å². The van der Waals surface area contributed by atoms with Crippen molar-refractivity contribution in [2.24, 2.45) is 16.8 Å². The SMILES string of the molecule is Cc1ccccc1N=CC12c3ccccc3C(c3ccccc31)[C@H]1C(=O)N(c3ccccc3Cl)C(=O)[C@H]12. The van der Waals surface area contributed by atoms with E-state index in [1.807, 2.05) is 61.7 Å². The Balaban J connectivity index is 1.53. The van der Waals surface area contributed by atoms with Crippen LogP contribution >= 0.6 is 11.6 Å². The predicted octanol–water partition coefficient (Wildman–Crippen LogP) is 6.60. The number of hydrogen-bond acceptors (Lipinski definition) is 3. The van der Waals surface area contributed by atoms with Crippen LogP contribution in [0.1, 0.15) is 33.7 Å². The van der Waals surface area contributed by atoms with Crippen LogP contribution in [0.5, 0.6) is 0 Å². The topological polar surface area (TPSA) is 49.7 Å². The summed E-state index contributed by atoms with van der Waals surface area (Å²) in [6.07, 6.45) is 1.93. The lowest BCUT2D eigenvalue weighted by molar-refractivity contribution is -0.122. The number of carbonyl (C=O) groups is 2. The minimum Gasteiger partial charge on any atom is -0.274 e. The first-order chi connectivity index (χ1) is 18.0. The van der Waals surface area contributed by atoms with E-state index in [1.165, 1.54) is 4.90 Å². The van der Waals surface area contributed by atoms with Gasteiger partial charge in [-0.3, -0.25) is 14.6 Å². The van der Waals surface area contributed by atoms with Gasteiger partial charge in [0, 0.05) is 12.1 Å². The van der Waals surface area contributed by atoms with Crippen molar-refractivity contribution in [3.05, 3.63) is 130 Å². The molecule has 1 aliphatic heterocycles. The minimum absolute atomic E-state index is 0.203. The fraction of sp³-hybridized carbons (Fsp3) is 0.156. The first-order valence-corrected chi connectivity index (χ1v) is 12.8. The van der Waals surface area contributed by atoms with E-state index >= 15 is 0 Å². The number of imide groups is 1. The number of aryl methyl sites for hydroxylation is 1. The Labute approximate surface area is 220 Å². The summed E-state index contributed by atoms with van der Waals surface area (Å²) in [4.78, 5) is 34.9. The molecule has 0 saturated carbocycles. The van der Waals surface area contributed by atoms with Crippen molar-refractivity contribution in [1.82, 2.24) is 0 Å². The number of carbonyl (C=O) groups excluding carboxylic acids is 2. The Morgan fingerprint density at radius 3 is 2.05 bits per heavy atom. The third-order valence-corrected chi connectivity index (χ3v) is 8.62. The second-order valence-corrected chi connectivity index (χ2v) is 10.4. The molecule has 2 amide bonds. The van der Waals surface area contributed by atoms with Crippen molar-refractivity contribution in [2.45, 2.75) is 18.3 Å². The van der Waals surface area contributed by atoms with Gasteiger partial charge in [0.05, 0.1) is 33.6 Å². The average molecular weight is 503 g/mol. The van der Waals surface area contributed by atoms with Crippen LogP contribution in [0.3, 0.4) is 0 Å². The Morgan fingerprint density at radius 1 is 0.784 bits per heavy atom. The summed E-state index contributed by atoms with van der Waals surface area (Å²) in [5, 5.41) is 0.382. The maximum absolute atomic E-state index is 14.4.